The molecule has 2 nitrogen and oxygen atoms in total. The van der Waals surface area contributed by atoms with Crippen molar-refractivity contribution in [3.8, 4) is 0 Å². The SMILES string of the molecule is C[C@H]1[C@H](C2CCCCCCCCCCCC2)CC(CO)[C@]1(O)CI. The number of aliphatic hydroxyl groups excluding tert-OH is 1. The van der Waals surface area contributed by atoms with Gasteiger partial charge in [-0.05, 0) is 24.2 Å². The first-order valence-electron chi connectivity index (χ1n) is 10.5. The lowest BCUT2D eigenvalue weighted by Crippen LogP contribution is -2.43. The van der Waals surface area contributed by atoms with Gasteiger partial charge in [0, 0.05) is 17.0 Å². The van der Waals surface area contributed by atoms with E-state index < -0.39 is 5.60 Å². The van der Waals surface area contributed by atoms with Gasteiger partial charge < -0.3 is 10.2 Å². The van der Waals surface area contributed by atoms with Crippen LogP contribution in [0.1, 0.15) is 90.4 Å². The minimum Gasteiger partial charge on any atom is -0.396 e. The summed E-state index contributed by atoms with van der Waals surface area (Å²) in [4.78, 5) is 0. The van der Waals surface area contributed by atoms with Crippen molar-refractivity contribution in [2.75, 3.05) is 11.0 Å². The Bertz CT molecular complexity index is 335. The summed E-state index contributed by atoms with van der Waals surface area (Å²) in [6.07, 6.45) is 17.7. The van der Waals surface area contributed by atoms with Gasteiger partial charge in [-0.25, -0.2) is 0 Å². The summed E-state index contributed by atoms with van der Waals surface area (Å²) in [7, 11) is 0. The molecule has 4 atom stereocenters. The second-order valence-electron chi connectivity index (χ2n) is 8.57. The summed E-state index contributed by atoms with van der Waals surface area (Å²) in [5, 5.41) is 20.9. The van der Waals surface area contributed by atoms with Crippen LogP contribution in [0.15, 0.2) is 0 Å². The van der Waals surface area contributed by atoms with Crippen LogP contribution in [0, 0.1) is 23.7 Å². The van der Waals surface area contributed by atoms with E-state index in [1.165, 1.54) is 77.0 Å². The van der Waals surface area contributed by atoms with Gasteiger partial charge in [-0.2, -0.15) is 0 Å². The molecule has 2 saturated carbocycles. The molecule has 0 heterocycles. The summed E-state index contributed by atoms with van der Waals surface area (Å²) in [6.45, 7) is 2.40. The highest BCUT2D eigenvalue weighted by Gasteiger charge is 2.52. The highest BCUT2D eigenvalue weighted by Crippen LogP contribution is 2.50. The minimum absolute atomic E-state index is 0.0824. The zero-order chi connectivity index (χ0) is 17.4. The molecule has 24 heavy (non-hydrogen) atoms. The number of aliphatic hydroxyl groups is 2. The molecule has 2 rings (SSSR count). The smallest absolute Gasteiger partial charge is 0.0814 e. The van der Waals surface area contributed by atoms with Crippen LogP contribution in [0.4, 0.5) is 0 Å². The molecule has 0 radical (unpaired) electrons. The van der Waals surface area contributed by atoms with Crippen molar-refractivity contribution < 1.29 is 10.2 Å². The van der Waals surface area contributed by atoms with E-state index in [9.17, 15) is 10.2 Å². The third-order valence-electron chi connectivity index (χ3n) is 7.13. The van der Waals surface area contributed by atoms with E-state index in [-0.39, 0.29) is 12.5 Å². The van der Waals surface area contributed by atoms with Crippen LogP contribution in [0.3, 0.4) is 0 Å². The van der Waals surface area contributed by atoms with Crippen molar-refractivity contribution in [3.05, 3.63) is 0 Å². The molecule has 1 unspecified atom stereocenters. The molecule has 0 amide bonds. The van der Waals surface area contributed by atoms with Crippen LogP contribution in [0.5, 0.6) is 0 Å². The van der Waals surface area contributed by atoms with Crippen molar-refractivity contribution in [2.24, 2.45) is 23.7 Å². The molecule has 0 aromatic rings. The molecule has 2 fully saturated rings. The van der Waals surface area contributed by atoms with Crippen LogP contribution in [-0.2, 0) is 0 Å². The van der Waals surface area contributed by atoms with Gasteiger partial charge in [-0.1, -0.05) is 107 Å². The number of hydrogen-bond acceptors (Lipinski definition) is 2. The van der Waals surface area contributed by atoms with Crippen molar-refractivity contribution in [1.29, 1.82) is 0 Å². The van der Waals surface area contributed by atoms with Crippen LogP contribution in [0.25, 0.3) is 0 Å². The number of halogens is 1. The van der Waals surface area contributed by atoms with Crippen molar-refractivity contribution in [1.82, 2.24) is 0 Å². The Morgan fingerprint density at radius 1 is 0.875 bits per heavy atom. The third-order valence-corrected chi connectivity index (χ3v) is 8.36. The molecule has 3 heteroatoms. The molecule has 0 saturated heterocycles. The summed E-state index contributed by atoms with van der Waals surface area (Å²) in [5.41, 5.74) is -0.652. The van der Waals surface area contributed by atoms with E-state index in [1.54, 1.807) is 0 Å². The fourth-order valence-corrected chi connectivity index (χ4v) is 6.66. The Hall–Kier alpha value is 0.650. The molecule has 0 aromatic carbocycles. The van der Waals surface area contributed by atoms with Gasteiger partial charge in [0.2, 0.25) is 0 Å². The highest BCUT2D eigenvalue weighted by molar-refractivity contribution is 14.1. The topological polar surface area (TPSA) is 40.5 Å². The predicted octanol–water partition coefficient (Wildman–Crippen LogP) is 5.73. The summed E-state index contributed by atoms with van der Waals surface area (Å²) in [5.74, 6) is 1.77. The maximum Gasteiger partial charge on any atom is 0.0814 e. The van der Waals surface area contributed by atoms with Crippen molar-refractivity contribution >= 4 is 22.6 Å². The van der Waals surface area contributed by atoms with Gasteiger partial charge in [0.15, 0.2) is 0 Å². The lowest BCUT2D eigenvalue weighted by Gasteiger charge is -2.34. The first kappa shape index (κ1) is 21.0. The van der Waals surface area contributed by atoms with Crippen LogP contribution in [0.2, 0.25) is 0 Å². The molecule has 2 N–H and O–H groups in total. The van der Waals surface area contributed by atoms with E-state index in [0.717, 1.165) is 16.8 Å². The van der Waals surface area contributed by atoms with Gasteiger partial charge in [-0.3, -0.25) is 0 Å². The molecule has 0 aliphatic heterocycles. The Morgan fingerprint density at radius 2 is 1.33 bits per heavy atom. The second kappa shape index (κ2) is 10.7. The lowest BCUT2D eigenvalue weighted by molar-refractivity contribution is -0.0309. The van der Waals surface area contributed by atoms with E-state index in [1.807, 2.05) is 0 Å². The zero-order valence-electron chi connectivity index (χ0n) is 15.7. The predicted molar refractivity (Wildman–Crippen MR) is 111 cm³/mol. The molecule has 0 bridgehead atoms. The average Bonchev–Trinajstić information content (AvgIpc) is 2.86. The Labute approximate surface area is 163 Å². The van der Waals surface area contributed by atoms with Crippen molar-refractivity contribution in [2.45, 2.75) is 96.0 Å². The number of hydrogen-bond donors (Lipinski definition) is 2. The van der Waals surface area contributed by atoms with Crippen LogP contribution >= 0.6 is 22.6 Å². The van der Waals surface area contributed by atoms with Gasteiger partial charge >= 0.3 is 0 Å². The van der Waals surface area contributed by atoms with E-state index >= 15 is 0 Å². The Balaban J connectivity index is 1.99. The zero-order valence-corrected chi connectivity index (χ0v) is 17.8. The van der Waals surface area contributed by atoms with Crippen LogP contribution in [-0.4, -0.2) is 26.8 Å². The molecular formula is C21H39IO2. The van der Waals surface area contributed by atoms with Crippen molar-refractivity contribution in [3.63, 3.8) is 0 Å². The Kier molecular flexibility index (Phi) is 9.36. The largest absolute Gasteiger partial charge is 0.396 e. The summed E-state index contributed by atoms with van der Waals surface area (Å²) >= 11 is 2.32. The minimum atomic E-state index is -0.652. The van der Waals surface area contributed by atoms with Gasteiger partial charge in [-0.15, -0.1) is 0 Å². The van der Waals surface area contributed by atoms with E-state index in [4.69, 9.17) is 0 Å². The van der Waals surface area contributed by atoms with Crippen LogP contribution < -0.4 is 0 Å². The summed E-state index contributed by atoms with van der Waals surface area (Å²) < 4.78 is 0.750. The fourth-order valence-electron chi connectivity index (χ4n) is 5.34. The standard InChI is InChI=1S/C21H39IO2/c1-17-20(14-19(15-23)21(17,24)16-22)18-12-10-8-6-4-2-3-5-7-9-11-13-18/h17-20,23-24H,2-16H2,1H3/t17-,19?,20+,21-/m0/s1. The fraction of sp³-hybridized carbons (Fsp3) is 1.00. The van der Waals surface area contributed by atoms with E-state index in [2.05, 4.69) is 29.5 Å². The summed E-state index contributed by atoms with van der Waals surface area (Å²) in [6, 6.07) is 0. The normalized spacial score (nSPS) is 38.2. The monoisotopic (exact) mass is 450 g/mol. The average molecular weight is 450 g/mol. The highest BCUT2D eigenvalue weighted by atomic mass is 127. The van der Waals surface area contributed by atoms with Gasteiger partial charge in [0.1, 0.15) is 0 Å². The maximum absolute atomic E-state index is 11.1. The van der Waals surface area contributed by atoms with Gasteiger partial charge in [0.05, 0.1) is 5.60 Å². The molecule has 0 spiro atoms. The molecular weight excluding hydrogens is 411 g/mol. The first-order chi connectivity index (χ1) is 11.6. The number of alkyl halides is 1. The molecule has 2 aliphatic rings. The third kappa shape index (κ3) is 5.33. The molecule has 142 valence electrons. The first-order valence-corrected chi connectivity index (χ1v) is 12.0. The van der Waals surface area contributed by atoms with Gasteiger partial charge in [0.25, 0.3) is 0 Å². The molecule has 0 aromatic heterocycles. The quantitative estimate of drug-likeness (QED) is 0.426. The maximum atomic E-state index is 11.1. The number of rotatable bonds is 3. The molecule has 2 aliphatic carbocycles. The Morgan fingerprint density at radius 3 is 1.71 bits per heavy atom. The van der Waals surface area contributed by atoms with E-state index in [0.29, 0.717) is 11.8 Å². The lowest BCUT2D eigenvalue weighted by atomic mass is 9.76. The second-order valence-corrected chi connectivity index (χ2v) is 9.33.